The van der Waals surface area contributed by atoms with E-state index < -0.39 is 0 Å². The Balaban J connectivity index is 2.03. The molecule has 2 aromatic rings. The van der Waals surface area contributed by atoms with Crippen LogP contribution in [0.1, 0.15) is 23.5 Å². The lowest BCUT2D eigenvalue weighted by molar-refractivity contribution is 0.251. The molecule has 16 heavy (non-hydrogen) atoms. The number of thiophene rings is 1. The molecule has 0 aliphatic carbocycles. The summed E-state index contributed by atoms with van der Waals surface area (Å²) in [6.45, 7) is 3.25. The summed E-state index contributed by atoms with van der Waals surface area (Å²) in [7, 11) is 4.27. The Kier molecular flexibility index (Phi) is 3.46. The number of hydrogen-bond acceptors (Lipinski definition) is 2. The van der Waals surface area contributed by atoms with Crippen LogP contribution in [0.5, 0.6) is 0 Å². The molecule has 1 atom stereocenters. The molecular weight excluding hydrogens is 216 g/mol. The third-order valence-electron chi connectivity index (χ3n) is 3.08. The summed E-state index contributed by atoms with van der Waals surface area (Å²) < 4.78 is 2.18. The van der Waals surface area contributed by atoms with E-state index in [2.05, 4.69) is 66.3 Å². The molecule has 86 valence electrons. The van der Waals surface area contributed by atoms with Crippen LogP contribution in [0.2, 0.25) is 0 Å². The van der Waals surface area contributed by atoms with Gasteiger partial charge in [-0.25, -0.2) is 0 Å². The van der Waals surface area contributed by atoms with Crippen LogP contribution in [0, 0.1) is 0 Å². The molecule has 0 radical (unpaired) electrons. The Labute approximate surface area is 101 Å². The van der Waals surface area contributed by atoms with Crippen molar-refractivity contribution in [3.05, 3.63) is 46.4 Å². The first-order chi connectivity index (χ1) is 7.68. The average Bonchev–Trinajstić information content (AvgIpc) is 2.89. The van der Waals surface area contributed by atoms with Crippen molar-refractivity contribution < 1.29 is 0 Å². The molecule has 2 nitrogen and oxygen atoms in total. The van der Waals surface area contributed by atoms with E-state index >= 15 is 0 Å². The molecule has 0 saturated heterocycles. The summed E-state index contributed by atoms with van der Waals surface area (Å²) >= 11 is 1.83. The normalized spacial score (nSPS) is 13.2. The number of nitrogens with zero attached hydrogens (tertiary/aromatic N) is 2. The van der Waals surface area contributed by atoms with Crippen LogP contribution in [-0.4, -0.2) is 16.5 Å². The Bertz CT molecular complexity index is 430. The lowest BCUT2D eigenvalue weighted by Crippen LogP contribution is -2.22. The summed E-state index contributed by atoms with van der Waals surface area (Å²) in [6.07, 6.45) is 2.10. The fourth-order valence-corrected chi connectivity index (χ4v) is 2.65. The number of hydrogen-bond donors (Lipinski definition) is 0. The molecule has 1 unspecified atom stereocenters. The van der Waals surface area contributed by atoms with E-state index in [0.717, 1.165) is 6.54 Å². The van der Waals surface area contributed by atoms with Crippen molar-refractivity contribution in [2.24, 2.45) is 7.05 Å². The van der Waals surface area contributed by atoms with Crippen molar-refractivity contribution in [2.75, 3.05) is 7.05 Å². The van der Waals surface area contributed by atoms with Gasteiger partial charge in [0.05, 0.1) is 0 Å². The monoisotopic (exact) mass is 234 g/mol. The number of rotatable bonds is 4. The summed E-state index contributed by atoms with van der Waals surface area (Å²) in [6, 6.07) is 9.08. The maximum absolute atomic E-state index is 2.38. The molecule has 0 bridgehead atoms. The van der Waals surface area contributed by atoms with Crippen molar-refractivity contribution in [1.82, 2.24) is 9.47 Å². The number of aryl methyl sites for hydroxylation is 1. The highest BCUT2D eigenvalue weighted by atomic mass is 32.1. The molecule has 0 saturated carbocycles. The molecule has 0 aliphatic rings. The number of aromatic nitrogens is 1. The SMILES string of the molecule is CC(c1cccs1)N(C)Cc1cccn1C. The lowest BCUT2D eigenvalue weighted by atomic mass is 10.2. The van der Waals surface area contributed by atoms with Gasteiger partial charge in [0.2, 0.25) is 0 Å². The zero-order valence-electron chi connectivity index (χ0n) is 10.1. The predicted octanol–water partition coefficient (Wildman–Crippen LogP) is 3.28. The highest BCUT2D eigenvalue weighted by molar-refractivity contribution is 7.10. The van der Waals surface area contributed by atoms with Crippen LogP contribution in [0.4, 0.5) is 0 Å². The summed E-state index contributed by atoms with van der Waals surface area (Å²) in [5.74, 6) is 0. The Morgan fingerprint density at radius 3 is 2.75 bits per heavy atom. The Morgan fingerprint density at radius 2 is 2.19 bits per heavy atom. The van der Waals surface area contributed by atoms with Crippen LogP contribution < -0.4 is 0 Å². The van der Waals surface area contributed by atoms with Gasteiger partial charge in [-0.05, 0) is 37.6 Å². The third kappa shape index (κ3) is 2.36. The van der Waals surface area contributed by atoms with Gasteiger partial charge in [-0.2, -0.15) is 0 Å². The molecule has 0 aromatic carbocycles. The van der Waals surface area contributed by atoms with E-state index in [1.165, 1.54) is 10.6 Å². The smallest absolute Gasteiger partial charge is 0.0414 e. The van der Waals surface area contributed by atoms with Crippen LogP contribution in [0.3, 0.4) is 0 Å². The van der Waals surface area contributed by atoms with E-state index in [1.54, 1.807) is 0 Å². The van der Waals surface area contributed by atoms with E-state index in [1.807, 2.05) is 11.3 Å². The second-order valence-electron chi connectivity index (χ2n) is 4.22. The van der Waals surface area contributed by atoms with E-state index in [9.17, 15) is 0 Å². The Hall–Kier alpha value is -1.06. The van der Waals surface area contributed by atoms with Crippen LogP contribution >= 0.6 is 11.3 Å². The topological polar surface area (TPSA) is 8.17 Å². The predicted molar refractivity (Wildman–Crippen MR) is 69.6 cm³/mol. The molecular formula is C13H18N2S. The van der Waals surface area contributed by atoms with Crippen LogP contribution in [-0.2, 0) is 13.6 Å². The maximum atomic E-state index is 2.38. The summed E-state index contributed by atoms with van der Waals surface area (Å²) in [5.41, 5.74) is 1.35. The first-order valence-corrected chi connectivity index (χ1v) is 6.40. The second kappa shape index (κ2) is 4.85. The summed E-state index contributed by atoms with van der Waals surface area (Å²) in [4.78, 5) is 3.80. The second-order valence-corrected chi connectivity index (χ2v) is 5.20. The fourth-order valence-electron chi connectivity index (χ4n) is 1.80. The standard InChI is InChI=1S/C13H18N2S/c1-11(13-7-5-9-16-13)15(3)10-12-6-4-8-14(12)2/h4-9,11H,10H2,1-3H3. The van der Waals surface area contributed by atoms with Gasteiger partial charge in [-0.3, -0.25) is 4.90 Å². The zero-order chi connectivity index (χ0) is 11.5. The van der Waals surface area contributed by atoms with Gasteiger partial charge in [0.15, 0.2) is 0 Å². The van der Waals surface area contributed by atoms with E-state index in [0.29, 0.717) is 6.04 Å². The van der Waals surface area contributed by atoms with Gasteiger partial charge in [0.1, 0.15) is 0 Å². The molecule has 2 rings (SSSR count). The van der Waals surface area contributed by atoms with Gasteiger partial charge in [-0.15, -0.1) is 11.3 Å². The third-order valence-corrected chi connectivity index (χ3v) is 4.12. The van der Waals surface area contributed by atoms with Crippen molar-refractivity contribution in [1.29, 1.82) is 0 Å². The molecule has 0 amide bonds. The fraction of sp³-hybridized carbons (Fsp3) is 0.385. The minimum Gasteiger partial charge on any atom is -0.353 e. The van der Waals surface area contributed by atoms with Crippen molar-refractivity contribution >= 4 is 11.3 Å². The van der Waals surface area contributed by atoms with Gasteiger partial charge in [-0.1, -0.05) is 6.07 Å². The minimum atomic E-state index is 0.481. The molecule has 0 spiro atoms. The molecule has 2 heterocycles. The van der Waals surface area contributed by atoms with E-state index in [-0.39, 0.29) is 0 Å². The van der Waals surface area contributed by atoms with Crippen molar-refractivity contribution in [3.63, 3.8) is 0 Å². The highest BCUT2D eigenvalue weighted by Crippen LogP contribution is 2.24. The molecule has 0 aliphatic heterocycles. The average molecular weight is 234 g/mol. The molecule has 0 N–H and O–H groups in total. The lowest BCUT2D eigenvalue weighted by Gasteiger charge is -2.23. The van der Waals surface area contributed by atoms with Gasteiger partial charge in [0.25, 0.3) is 0 Å². The van der Waals surface area contributed by atoms with Crippen LogP contribution in [0.25, 0.3) is 0 Å². The van der Waals surface area contributed by atoms with Crippen molar-refractivity contribution in [3.8, 4) is 0 Å². The van der Waals surface area contributed by atoms with Crippen molar-refractivity contribution in [2.45, 2.75) is 19.5 Å². The van der Waals surface area contributed by atoms with E-state index in [4.69, 9.17) is 0 Å². The van der Waals surface area contributed by atoms with Gasteiger partial charge >= 0.3 is 0 Å². The Morgan fingerprint density at radius 1 is 1.38 bits per heavy atom. The quantitative estimate of drug-likeness (QED) is 0.788. The molecule has 0 fully saturated rings. The molecule has 3 heteroatoms. The first-order valence-electron chi connectivity index (χ1n) is 5.52. The zero-order valence-corrected chi connectivity index (χ0v) is 10.9. The van der Waals surface area contributed by atoms with Gasteiger partial charge in [0, 0.05) is 36.4 Å². The summed E-state index contributed by atoms with van der Waals surface area (Å²) in [5, 5.41) is 2.14. The van der Waals surface area contributed by atoms with Crippen LogP contribution in [0.15, 0.2) is 35.8 Å². The highest BCUT2D eigenvalue weighted by Gasteiger charge is 2.13. The molecule has 2 aromatic heterocycles. The maximum Gasteiger partial charge on any atom is 0.0414 e. The first kappa shape index (κ1) is 11.4. The minimum absolute atomic E-state index is 0.481. The largest absolute Gasteiger partial charge is 0.353 e. The van der Waals surface area contributed by atoms with Gasteiger partial charge < -0.3 is 4.57 Å².